The van der Waals surface area contributed by atoms with Crippen LogP contribution >= 0.6 is 27.5 Å². The highest BCUT2D eigenvalue weighted by Gasteiger charge is 2.08. The smallest absolute Gasteiger partial charge is 0.148 e. The van der Waals surface area contributed by atoms with E-state index in [-0.39, 0.29) is 6.04 Å². The van der Waals surface area contributed by atoms with Crippen molar-refractivity contribution >= 4 is 33.3 Å². The number of hydrogen-bond acceptors (Lipinski definition) is 3. The lowest BCUT2D eigenvalue weighted by molar-refractivity contribution is 0.818. The molecule has 0 spiro atoms. The van der Waals surface area contributed by atoms with E-state index in [1.165, 1.54) is 6.33 Å². The first-order valence-electron chi connectivity index (χ1n) is 4.01. The van der Waals surface area contributed by atoms with Crippen molar-refractivity contribution in [3.05, 3.63) is 16.0 Å². The van der Waals surface area contributed by atoms with Crippen molar-refractivity contribution in [3.8, 4) is 12.3 Å². The van der Waals surface area contributed by atoms with E-state index in [1.54, 1.807) is 0 Å². The van der Waals surface area contributed by atoms with Gasteiger partial charge >= 0.3 is 0 Å². The van der Waals surface area contributed by atoms with Crippen LogP contribution in [0.15, 0.2) is 10.8 Å². The predicted molar refractivity (Wildman–Crippen MR) is 61.3 cm³/mol. The summed E-state index contributed by atoms with van der Waals surface area (Å²) in [5.74, 6) is 3.23. The van der Waals surface area contributed by atoms with Gasteiger partial charge in [0.15, 0.2) is 0 Å². The lowest BCUT2D eigenvalue weighted by atomic mass is 10.2. The summed E-state index contributed by atoms with van der Waals surface area (Å²) in [6, 6.07) is 0.155. The topological polar surface area (TPSA) is 37.8 Å². The van der Waals surface area contributed by atoms with Crippen LogP contribution in [0, 0.1) is 12.3 Å². The van der Waals surface area contributed by atoms with Gasteiger partial charge < -0.3 is 5.32 Å². The minimum absolute atomic E-state index is 0.155. The molecule has 3 nitrogen and oxygen atoms in total. The highest BCUT2D eigenvalue weighted by Crippen LogP contribution is 2.26. The van der Waals surface area contributed by atoms with Gasteiger partial charge in [0.1, 0.15) is 17.3 Å². The Hall–Kier alpha value is -0.790. The molecular formula is C9H9BrClN3. The van der Waals surface area contributed by atoms with Crippen molar-refractivity contribution in [2.45, 2.75) is 19.4 Å². The Morgan fingerprint density at radius 1 is 1.71 bits per heavy atom. The number of hydrogen-bond donors (Lipinski definition) is 1. The number of rotatable bonds is 3. The van der Waals surface area contributed by atoms with E-state index in [2.05, 4.69) is 37.1 Å². The van der Waals surface area contributed by atoms with Gasteiger partial charge in [-0.2, -0.15) is 0 Å². The zero-order chi connectivity index (χ0) is 10.6. The molecule has 5 heteroatoms. The van der Waals surface area contributed by atoms with Gasteiger partial charge in [-0.05, 0) is 22.9 Å². The number of aromatic nitrogens is 2. The summed E-state index contributed by atoms with van der Waals surface area (Å²) in [6.07, 6.45) is 7.22. The molecule has 0 amide bonds. The third kappa shape index (κ3) is 2.86. The summed E-state index contributed by atoms with van der Waals surface area (Å²) in [4.78, 5) is 7.86. The lowest BCUT2D eigenvalue weighted by Crippen LogP contribution is -2.15. The number of halogens is 2. The summed E-state index contributed by atoms with van der Waals surface area (Å²) < 4.78 is 0.658. The zero-order valence-electron chi connectivity index (χ0n) is 7.59. The van der Waals surface area contributed by atoms with Crippen molar-refractivity contribution in [3.63, 3.8) is 0 Å². The molecule has 0 fully saturated rings. The first kappa shape index (κ1) is 11.3. The van der Waals surface area contributed by atoms with E-state index in [0.29, 0.717) is 21.9 Å². The molecule has 0 saturated carbocycles. The summed E-state index contributed by atoms with van der Waals surface area (Å²) >= 11 is 9.08. The van der Waals surface area contributed by atoms with Crippen molar-refractivity contribution in [1.82, 2.24) is 9.97 Å². The van der Waals surface area contributed by atoms with Crippen LogP contribution < -0.4 is 5.32 Å². The molecule has 1 aromatic rings. The molecule has 1 aromatic heterocycles. The number of terminal acetylenes is 1. The number of nitrogens with one attached hydrogen (secondary N) is 1. The van der Waals surface area contributed by atoms with Crippen molar-refractivity contribution in [2.24, 2.45) is 0 Å². The monoisotopic (exact) mass is 273 g/mol. The quantitative estimate of drug-likeness (QED) is 0.680. The average molecular weight is 275 g/mol. The summed E-state index contributed by atoms with van der Waals surface area (Å²) in [5.41, 5.74) is 0. The SMILES string of the molecule is C#CCC(C)Nc1ncnc(Cl)c1Br. The molecule has 0 radical (unpaired) electrons. The maximum Gasteiger partial charge on any atom is 0.148 e. The summed E-state index contributed by atoms with van der Waals surface area (Å²) in [5, 5.41) is 3.51. The van der Waals surface area contributed by atoms with Gasteiger partial charge in [-0.1, -0.05) is 11.6 Å². The number of nitrogens with zero attached hydrogens (tertiary/aromatic N) is 2. The molecule has 0 aliphatic heterocycles. The van der Waals surface area contributed by atoms with Gasteiger partial charge in [0.25, 0.3) is 0 Å². The number of anilines is 1. The Morgan fingerprint density at radius 2 is 2.43 bits per heavy atom. The van der Waals surface area contributed by atoms with Crippen LogP contribution in [0.3, 0.4) is 0 Å². The van der Waals surface area contributed by atoms with Crippen LogP contribution in [-0.2, 0) is 0 Å². The van der Waals surface area contributed by atoms with Crippen LogP contribution in [0.25, 0.3) is 0 Å². The van der Waals surface area contributed by atoms with Gasteiger partial charge in [-0.25, -0.2) is 9.97 Å². The second kappa shape index (κ2) is 5.18. The third-order valence-corrected chi connectivity index (χ3v) is 2.82. The van der Waals surface area contributed by atoms with E-state index >= 15 is 0 Å². The highest BCUT2D eigenvalue weighted by atomic mass is 79.9. The maximum absolute atomic E-state index is 5.80. The Labute approximate surface area is 96.4 Å². The van der Waals surface area contributed by atoms with Crippen LogP contribution in [0.4, 0.5) is 5.82 Å². The minimum atomic E-state index is 0.155. The van der Waals surface area contributed by atoms with Gasteiger partial charge in [0.05, 0.1) is 4.47 Å². The lowest BCUT2D eigenvalue weighted by Gasteiger charge is -2.12. The maximum atomic E-state index is 5.80. The second-order valence-corrected chi connectivity index (χ2v) is 3.93. The van der Waals surface area contributed by atoms with Gasteiger partial charge in [-0.15, -0.1) is 12.3 Å². The molecule has 0 bridgehead atoms. The van der Waals surface area contributed by atoms with Crippen molar-refractivity contribution in [2.75, 3.05) is 5.32 Å². The molecular weight excluding hydrogens is 265 g/mol. The average Bonchev–Trinajstić information content (AvgIpc) is 2.13. The standard InChI is InChI=1S/C9H9BrClN3/c1-3-4-6(2)14-9-7(10)8(11)12-5-13-9/h1,5-6H,4H2,2H3,(H,12,13,14). The van der Waals surface area contributed by atoms with Crippen LogP contribution in [0.1, 0.15) is 13.3 Å². The molecule has 74 valence electrons. The van der Waals surface area contributed by atoms with E-state index in [9.17, 15) is 0 Å². The van der Waals surface area contributed by atoms with E-state index in [4.69, 9.17) is 18.0 Å². The Balaban J connectivity index is 2.77. The fourth-order valence-electron chi connectivity index (χ4n) is 0.910. The van der Waals surface area contributed by atoms with Gasteiger partial charge in [0.2, 0.25) is 0 Å². The Morgan fingerprint density at radius 3 is 3.07 bits per heavy atom. The van der Waals surface area contributed by atoms with Crippen molar-refractivity contribution < 1.29 is 0 Å². The van der Waals surface area contributed by atoms with Crippen LogP contribution in [0.2, 0.25) is 5.15 Å². The molecule has 0 aromatic carbocycles. The van der Waals surface area contributed by atoms with Crippen LogP contribution in [0.5, 0.6) is 0 Å². The molecule has 14 heavy (non-hydrogen) atoms. The Kier molecular flexibility index (Phi) is 4.18. The van der Waals surface area contributed by atoms with E-state index < -0.39 is 0 Å². The van der Waals surface area contributed by atoms with E-state index in [1.807, 2.05) is 6.92 Å². The third-order valence-electron chi connectivity index (χ3n) is 1.55. The minimum Gasteiger partial charge on any atom is -0.366 e. The molecule has 1 atom stereocenters. The molecule has 0 aliphatic rings. The van der Waals surface area contributed by atoms with Gasteiger partial charge in [-0.3, -0.25) is 0 Å². The second-order valence-electron chi connectivity index (χ2n) is 2.78. The zero-order valence-corrected chi connectivity index (χ0v) is 9.93. The summed E-state index contributed by atoms with van der Waals surface area (Å²) in [7, 11) is 0. The first-order chi connectivity index (χ1) is 6.65. The van der Waals surface area contributed by atoms with Gasteiger partial charge in [0, 0.05) is 12.5 Å². The molecule has 1 unspecified atom stereocenters. The predicted octanol–water partition coefficient (Wildman–Crippen LogP) is 2.72. The normalized spacial score (nSPS) is 11.9. The van der Waals surface area contributed by atoms with Crippen molar-refractivity contribution in [1.29, 1.82) is 0 Å². The van der Waals surface area contributed by atoms with Crippen LogP contribution in [-0.4, -0.2) is 16.0 Å². The fourth-order valence-corrected chi connectivity index (χ4v) is 1.36. The highest BCUT2D eigenvalue weighted by molar-refractivity contribution is 9.10. The molecule has 1 rings (SSSR count). The largest absolute Gasteiger partial charge is 0.366 e. The first-order valence-corrected chi connectivity index (χ1v) is 5.18. The molecule has 1 N–H and O–H groups in total. The molecule has 1 heterocycles. The molecule has 0 aliphatic carbocycles. The summed E-state index contributed by atoms with van der Waals surface area (Å²) in [6.45, 7) is 1.97. The fraction of sp³-hybridized carbons (Fsp3) is 0.333. The van der Waals surface area contributed by atoms with E-state index in [0.717, 1.165) is 0 Å². The Bertz CT molecular complexity index is 362. The molecule has 0 saturated heterocycles.